The van der Waals surface area contributed by atoms with Crippen LogP contribution in [-0.4, -0.2) is 78.8 Å². The number of hydrogen-bond donors (Lipinski definition) is 4. The fourth-order valence-corrected chi connectivity index (χ4v) is 6.81. The Kier molecular flexibility index (Phi) is 8.29. The maximum atomic E-state index is 15.9. The average Bonchev–Trinajstić information content (AvgIpc) is 3.65. The van der Waals surface area contributed by atoms with Crippen LogP contribution in [0.3, 0.4) is 0 Å². The van der Waals surface area contributed by atoms with Crippen molar-refractivity contribution in [3.63, 3.8) is 0 Å². The van der Waals surface area contributed by atoms with Crippen molar-refractivity contribution in [1.29, 1.82) is 5.41 Å². The lowest BCUT2D eigenvalue weighted by Crippen LogP contribution is -2.49. The van der Waals surface area contributed by atoms with Gasteiger partial charge in [-0.15, -0.1) is 11.3 Å². The molecule has 0 bridgehead atoms. The summed E-state index contributed by atoms with van der Waals surface area (Å²) in [5, 5.41) is 14.6. The van der Waals surface area contributed by atoms with E-state index in [4.69, 9.17) is 11.1 Å². The number of nitrogens with zero attached hydrogens (tertiary/aromatic N) is 2. The van der Waals surface area contributed by atoms with E-state index in [0.717, 1.165) is 9.78 Å². The molecule has 2 aromatic carbocycles. The van der Waals surface area contributed by atoms with E-state index >= 15 is 4.39 Å². The largest absolute Gasteiger partial charge is 0.384 e. The van der Waals surface area contributed by atoms with Crippen LogP contribution in [0.2, 0.25) is 0 Å². The van der Waals surface area contributed by atoms with Crippen LogP contribution < -0.4 is 16.4 Å². The number of carbonyl (C=O) groups is 3. The SMILES string of the molecule is C[C@@H](NC(=O)[C@@H]1C[C@](F)(CN(C)C)CN1C(=O)CNC(=O)c1ccc2c(c1)-c1ccccc1C2(F)F)c1cc(C(=N)N)cs1. The number of likely N-dealkylation sites (tertiary alicyclic amines) is 1. The molecule has 9 nitrogen and oxygen atoms in total. The lowest BCUT2D eigenvalue weighted by atomic mass is 10.0. The second-order valence-corrected chi connectivity index (χ2v) is 12.5. The molecule has 1 saturated heterocycles. The van der Waals surface area contributed by atoms with Crippen LogP contribution in [0, 0.1) is 5.41 Å². The summed E-state index contributed by atoms with van der Waals surface area (Å²) in [6, 6.07) is 10.0. The Labute approximate surface area is 256 Å². The quantitative estimate of drug-likeness (QED) is 0.213. The number of nitrogen functional groups attached to an aromatic ring is 1. The third-order valence-corrected chi connectivity index (χ3v) is 9.02. The highest BCUT2D eigenvalue weighted by molar-refractivity contribution is 7.10. The maximum Gasteiger partial charge on any atom is 0.299 e. The molecular weight excluding hydrogens is 593 g/mol. The predicted molar refractivity (Wildman–Crippen MR) is 162 cm³/mol. The Morgan fingerprint density at radius 2 is 1.80 bits per heavy atom. The van der Waals surface area contributed by atoms with Gasteiger partial charge in [0.15, 0.2) is 0 Å². The molecule has 5 rings (SSSR count). The van der Waals surface area contributed by atoms with Gasteiger partial charge in [-0.1, -0.05) is 30.3 Å². The molecule has 13 heteroatoms. The normalized spacial score (nSPS) is 20.6. The van der Waals surface area contributed by atoms with Crippen molar-refractivity contribution in [2.75, 3.05) is 33.7 Å². The second kappa shape index (κ2) is 11.7. The van der Waals surface area contributed by atoms with Gasteiger partial charge in [-0.3, -0.25) is 19.8 Å². The van der Waals surface area contributed by atoms with Crippen LogP contribution in [0.4, 0.5) is 13.2 Å². The molecule has 44 heavy (non-hydrogen) atoms. The fourth-order valence-electron chi connectivity index (χ4n) is 5.89. The Hall–Kier alpha value is -4.23. The maximum absolute atomic E-state index is 15.9. The third-order valence-electron chi connectivity index (χ3n) is 7.90. The molecule has 0 unspecified atom stereocenters. The summed E-state index contributed by atoms with van der Waals surface area (Å²) in [6.45, 7) is 0.858. The minimum atomic E-state index is -3.19. The number of nitrogens with two attached hydrogens (primary N) is 1. The number of hydrogen-bond acceptors (Lipinski definition) is 6. The number of benzene rings is 2. The molecule has 0 spiro atoms. The first-order valence-electron chi connectivity index (χ1n) is 14.0. The smallest absolute Gasteiger partial charge is 0.299 e. The topological polar surface area (TPSA) is 132 Å². The summed E-state index contributed by atoms with van der Waals surface area (Å²) < 4.78 is 45.7. The van der Waals surface area contributed by atoms with Crippen LogP contribution in [0.25, 0.3) is 11.1 Å². The van der Waals surface area contributed by atoms with E-state index < -0.39 is 47.9 Å². The lowest BCUT2D eigenvalue weighted by Gasteiger charge is -2.25. The number of thiophene rings is 1. The van der Waals surface area contributed by atoms with E-state index in [0.29, 0.717) is 11.1 Å². The van der Waals surface area contributed by atoms with E-state index in [1.807, 2.05) is 0 Å². The van der Waals surface area contributed by atoms with Crippen molar-refractivity contribution in [3.05, 3.63) is 81.0 Å². The number of fused-ring (bicyclic) bond motifs is 3. The number of nitrogens with one attached hydrogen (secondary N) is 3. The first kappa shape index (κ1) is 31.2. The van der Waals surface area contributed by atoms with E-state index in [2.05, 4.69) is 10.6 Å². The minimum Gasteiger partial charge on any atom is -0.384 e. The van der Waals surface area contributed by atoms with Crippen molar-refractivity contribution < 1.29 is 27.6 Å². The number of alkyl halides is 3. The molecular formula is C31H33F3N6O3S. The number of halogens is 3. The van der Waals surface area contributed by atoms with Crippen LogP contribution >= 0.6 is 11.3 Å². The molecule has 1 fully saturated rings. The van der Waals surface area contributed by atoms with Gasteiger partial charge in [0, 0.05) is 45.5 Å². The second-order valence-electron chi connectivity index (χ2n) is 11.6. The van der Waals surface area contributed by atoms with Crippen molar-refractivity contribution in [2.45, 2.75) is 37.0 Å². The molecule has 2 heterocycles. The molecule has 232 valence electrons. The predicted octanol–water partition coefficient (Wildman–Crippen LogP) is 3.63. The minimum absolute atomic E-state index is 0.0173. The first-order valence-corrected chi connectivity index (χ1v) is 14.8. The Morgan fingerprint density at radius 1 is 1.09 bits per heavy atom. The van der Waals surface area contributed by atoms with Gasteiger partial charge in [0.1, 0.15) is 17.5 Å². The van der Waals surface area contributed by atoms with E-state index in [1.165, 1.54) is 41.7 Å². The molecule has 3 amide bonds. The molecule has 3 atom stereocenters. The van der Waals surface area contributed by atoms with Crippen LogP contribution in [0.5, 0.6) is 0 Å². The zero-order valence-corrected chi connectivity index (χ0v) is 25.2. The third kappa shape index (κ3) is 5.93. The zero-order valence-electron chi connectivity index (χ0n) is 24.4. The van der Waals surface area contributed by atoms with Crippen LogP contribution in [0.15, 0.2) is 53.9 Å². The van der Waals surface area contributed by atoms with Gasteiger partial charge in [-0.2, -0.15) is 8.78 Å². The van der Waals surface area contributed by atoms with Gasteiger partial charge < -0.3 is 26.2 Å². The van der Waals surface area contributed by atoms with Gasteiger partial charge in [0.2, 0.25) is 11.8 Å². The Balaban J connectivity index is 1.29. The van der Waals surface area contributed by atoms with Gasteiger partial charge >= 0.3 is 0 Å². The molecule has 2 aliphatic rings. The summed E-state index contributed by atoms with van der Waals surface area (Å²) in [7, 11) is 3.38. The summed E-state index contributed by atoms with van der Waals surface area (Å²) in [5.74, 6) is -5.16. The monoisotopic (exact) mass is 626 g/mol. The molecule has 1 aliphatic heterocycles. The average molecular weight is 627 g/mol. The number of rotatable bonds is 9. The van der Waals surface area contributed by atoms with E-state index in [1.54, 1.807) is 49.5 Å². The fraction of sp³-hybridized carbons (Fsp3) is 0.355. The lowest BCUT2D eigenvalue weighted by molar-refractivity contribution is -0.138. The van der Waals surface area contributed by atoms with Gasteiger partial charge in [0.05, 0.1) is 19.1 Å². The molecule has 1 aromatic heterocycles. The highest BCUT2D eigenvalue weighted by Crippen LogP contribution is 2.50. The molecule has 0 radical (unpaired) electrons. The highest BCUT2D eigenvalue weighted by atomic mass is 32.1. The first-order chi connectivity index (χ1) is 20.7. The highest BCUT2D eigenvalue weighted by Gasteiger charge is 2.50. The van der Waals surface area contributed by atoms with Crippen molar-refractivity contribution >= 4 is 34.9 Å². The molecule has 5 N–H and O–H groups in total. The standard InChI is InChI=1S/C31H33F3N6O3S/c1-17(25-11-19(14-44-25)27(35)36)38-29(43)24-12-30(32,15-39(2)3)16-40(24)26(41)13-37-28(42)18-8-9-23-21(10-18)20-6-4-5-7-22(20)31(23,33)34/h4-11,14,17,24H,12-13,15-16H2,1-3H3,(H3,35,36)(H,37,42)(H,38,43)/t17-,24+,30+/m1/s1. The molecule has 0 saturated carbocycles. The molecule has 3 aromatic rings. The molecule has 1 aliphatic carbocycles. The van der Waals surface area contributed by atoms with Crippen molar-refractivity contribution in [1.82, 2.24) is 20.4 Å². The van der Waals surface area contributed by atoms with Gasteiger partial charge in [0.25, 0.3) is 11.8 Å². The Bertz CT molecular complexity index is 1640. The van der Waals surface area contributed by atoms with Gasteiger partial charge in [-0.05, 0) is 50.3 Å². The summed E-state index contributed by atoms with van der Waals surface area (Å²) >= 11 is 1.31. The number of amides is 3. The van der Waals surface area contributed by atoms with E-state index in [9.17, 15) is 23.2 Å². The zero-order chi connectivity index (χ0) is 32.0. The van der Waals surface area contributed by atoms with Gasteiger partial charge in [-0.25, -0.2) is 4.39 Å². The number of carbonyl (C=O) groups excluding carboxylic acids is 3. The number of amidine groups is 1. The van der Waals surface area contributed by atoms with Crippen LogP contribution in [0.1, 0.15) is 51.3 Å². The summed E-state index contributed by atoms with van der Waals surface area (Å²) in [5.41, 5.74) is 4.52. The van der Waals surface area contributed by atoms with E-state index in [-0.39, 0.29) is 47.6 Å². The summed E-state index contributed by atoms with van der Waals surface area (Å²) in [6.07, 6.45) is -0.231. The van der Waals surface area contributed by atoms with Crippen LogP contribution in [-0.2, 0) is 15.5 Å². The van der Waals surface area contributed by atoms with Crippen molar-refractivity contribution in [3.8, 4) is 11.1 Å². The van der Waals surface area contributed by atoms with Crippen molar-refractivity contribution in [2.24, 2.45) is 5.73 Å². The summed E-state index contributed by atoms with van der Waals surface area (Å²) in [4.78, 5) is 43.3. The Morgan fingerprint density at radius 3 is 2.48 bits per heavy atom.